The van der Waals surface area contributed by atoms with Gasteiger partial charge in [0.05, 0.1) is 19.6 Å². The smallest absolute Gasteiger partial charge is 0.313 e. The van der Waals surface area contributed by atoms with E-state index >= 15 is 0 Å². The Morgan fingerprint density at radius 3 is 2.47 bits per heavy atom. The zero-order valence-corrected chi connectivity index (χ0v) is 10.3. The van der Waals surface area contributed by atoms with Crippen molar-refractivity contribution in [3.05, 3.63) is 29.8 Å². The van der Waals surface area contributed by atoms with Crippen LogP contribution in [0.5, 0.6) is 5.75 Å². The van der Waals surface area contributed by atoms with E-state index in [2.05, 4.69) is 0 Å². The van der Waals surface area contributed by atoms with Crippen molar-refractivity contribution in [1.29, 1.82) is 0 Å². The van der Waals surface area contributed by atoms with Crippen LogP contribution in [0.2, 0.25) is 0 Å². The summed E-state index contributed by atoms with van der Waals surface area (Å²) < 4.78 is 10.3. The monoisotopic (exact) mass is 234 g/mol. The highest BCUT2D eigenvalue weighted by Gasteiger charge is 2.37. The summed E-state index contributed by atoms with van der Waals surface area (Å²) in [7, 11) is 1.45. The molecule has 17 heavy (non-hydrogen) atoms. The van der Waals surface area contributed by atoms with E-state index in [1.165, 1.54) is 7.11 Å². The summed E-state index contributed by atoms with van der Waals surface area (Å²) in [4.78, 5) is 11.8. The maximum Gasteiger partial charge on any atom is 0.313 e. The van der Waals surface area contributed by atoms with Crippen LogP contribution in [-0.2, 0) is 9.53 Å². The third kappa shape index (κ3) is 2.78. The number of hydrogen-bond acceptors (Lipinski definition) is 3. The van der Waals surface area contributed by atoms with Gasteiger partial charge in [0.15, 0.2) is 0 Å². The van der Waals surface area contributed by atoms with Crippen molar-refractivity contribution < 1.29 is 14.3 Å². The topological polar surface area (TPSA) is 35.5 Å². The first-order valence-corrected chi connectivity index (χ1v) is 6.06. The molecule has 1 aromatic rings. The van der Waals surface area contributed by atoms with Crippen molar-refractivity contribution in [2.45, 2.75) is 25.7 Å². The number of esters is 1. The predicted molar refractivity (Wildman–Crippen MR) is 65.1 cm³/mol. The molecule has 1 fully saturated rings. The van der Waals surface area contributed by atoms with Gasteiger partial charge in [-0.3, -0.25) is 4.79 Å². The quantitative estimate of drug-likeness (QED) is 0.735. The molecule has 2 rings (SSSR count). The first-order valence-electron chi connectivity index (χ1n) is 6.06. The van der Waals surface area contributed by atoms with Crippen LogP contribution < -0.4 is 4.74 Å². The predicted octanol–water partition coefficient (Wildman–Crippen LogP) is 2.75. The summed E-state index contributed by atoms with van der Waals surface area (Å²) in [5.74, 6) is 1.07. The zero-order valence-electron chi connectivity index (χ0n) is 10.3. The lowest BCUT2D eigenvalue weighted by Gasteiger charge is -2.14. The Labute approximate surface area is 102 Å². The molecule has 1 atom stereocenters. The molecule has 1 aliphatic carbocycles. The molecule has 92 valence electrons. The fourth-order valence-electron chi connectivity index (χ4n) is 2.10. The molecule has 1 saturated carbocycles. The molecule has 0 N–H and O–H groups in total. The second kappa shape index (κ2) is 5.21. The fourth-order valence-corrected chi connectivity index (χ4v) is 2.10. The van der Waals surface area contributed by atoms with Crippen LogP contribution in [-0.4, -0.2) is 19.7 Å². The number of rotatable bonds is 5. The number of ether oxygens (including phenoxy) is 2. The molecule has 0 amide bonds. The van der Waals surface area contributed by atoms with Gasteiger partial charge in [-0.15, -0.1) is 0 Å². The summed E-state index contributed by atoms with van der Waals surface area (Å²) in [6.07, 6.45) is 2.24. The highest BCUT2D eigenvalue weighted by Crippen LogP contribution is 2.43. The Kier molecular flexibility index (Phi) is 3.67. The molecule has 0 saturated heterocycles. The molecule has 3 heteroatoms. The van der Waals surface area contributed by atoms with Crippen LogP contribution in [0.25, 0.3) is 0 Å². The van der Waals surface area contributed by atoms with Crippen molar-refractivity contribution in [2.24, 2.45) is 5.92 Å². The average Bonchev–Trinajstić information content (AvgIpc) is 3.16. The van der Waals surface area contributed by atoms with Crippen molar-refractivity contribution in [3.8, 4) is 5.75 Å². The van der Waals surface area contributed by atoms with Crippen LogP contribution in [0.1, 0.15) is 31.2 Å². The Morgan fingerprint density at radius 2 is 2.00 bits per heavy atom. The lowest BCUT2D eigenvalue weighted by Crippen LogP contribution is -2.16. The van der Waals surface area contributed by atoms with Crippen LogP contribution >= 0.6 is 0 Å². The number of carbonyl (C=O) groups excluding carboxylic acids is 1. The van der Waals surface area contributed by atoms with Crippen LogP contribution in [0.15, 0.2) is 24.3 Å². The summed E-state index contributed by atoms with van der Waals surface area (Å²) >= 11 is 0. The molecule has 0 aliphatic heterocycles. The molecular formula is C14H18O3. The number of carbonyl (C=O) groups is 1. The Balaban J connectivity index is 2.15. The fraction of sp³-hybridized carbons (Fsp3) is 0.500. The third-order valence-corrected chi connectivity index (χ3v) is 3.10. The second-order valence-corrected chi connectivity index (χ2v) is 4.34. The van der Waals surface area contributed by atoms with Gasteiger partial charge in [0.25, 0.3) is 0 Å². The second-order valence-electron chi connectivity index (χ2n) is 4.34. The van der Waals surface area contributed by atoms with E-state index in [-0.39, 0.29) is 11.9 Å². The molecule has 0 radical (unpaired) electrons. The van der Waals surface area contributed by atoms with E-state index in [9.17, 15) is 4.79 Å². The highest BCUT2D eigenvalue weighted by molar-refractivity contribution is 5.79. The van der Waals surface area contributed by atoms with Crippen molar-refractivity contribution in [3.63, 3.8) is 0 Å². The minimum Gasteiger partial charge on any atom is -0.494 e. The van der Waals surface area contributed by atoms with Gasteiger partial charge in [0, 0.05) is 0 Å². The molecule has 0 spiro atoms. The Bertz CT molecular complexity index is 379. The van der Waals surface area contributed by atoms with Crippen molar-refractivity contribution >= 4 is 5.97 Å². The molecular weight excluding hydrogens is 216 g/mol. The average molecular weight is 234 g/mol. The first-order chi connectivity index (χ1) is 8.26. The number of methoxy groups -OCH3 is 1. The lowest BCUT2D eigenvalue weighted by molar-refractivity contribution is -0.143. The Morgan fingerprint density at radius 1 is 1.35 bits per heavy atom. The summed E-state index contributed by atoms with van der Waals surface area (Å²) in [5, 5.41) is 0. The maximum atomic E-state index is 11.8. The molecule has 1 unspecified atom stereocenters. The highest BCUT2D eigenvalue weighted by atomic mass is 16.5. The summed E-state index contributed by atoms with van der Waals surface area (Å²) in [6, 6.07) is 7.75. The molecule has 1 aromatic carbocycles. The van der Waals surface area contributed by atoms with E-state index in [0.717, 1.165) is 24.2 Å². The van der Waals surface area contributed by atoms with E-state index in [0.29, 0.717) is 12.5 Å². The van der Waals surface area contributed by atoms with Gasteiger partial charge in [0.2, 0.25) is 0 Å². The van der Waals surface area contributed by atoms with Gasteiger partial charge in [-0.05, 0) is 43.4 Å². The van der Waals surface area contributed by atoms with E-state index < -0.39 is 0 Å². The van der Waals surface area contributed by atoms with Gasteiger partial charge < -0.3 is 9.47 Å². The van der Waals surface area contributed by atoms with Gasteiger partial charge in [0.1, 0.15) is 5.75 Å². The van der Waals surface area contributed by atoms with Gasteiger partial charge in [-0.1, -0.05) is 12.1 Å². The number of benzene rings is 1. The largest absolute Gasteiger partial charge is 0.494 e. The molecule has 3 nitrogen and oxygen atoms in total. The third-order valence-electron chi connectivity index (χ3n) is 3.10. The molecule has 0 aromatic heterocycles. The van der Waals surface area contributed by atoms with E-state index in [4.69, 9.17) is 9.47 Å². The van der Waals surface area contributed by atoms with E-state index in [1.807, 2.05) is 31.2 Å². The standard InChI is InChI=1S/C14H18O3/c1-3-17-12-8-6-11(7-9-12)13(10-4-5-10)14(15)16-2/h6-10,13H,3-5H2,1-2H3. The van der Waals surface area contributed by atoms with Crippen LogP contribution in [0, 0.1) is 5.92 Å². The minimum atomic E-state index is -0.128. The maximum absolute atomic E-state index is 11.8. The van der Waals surface area contributed by atoms with Crippen molar-refractivity contribution in [2.75, 3.05) is 13.7 Å². The van der Waals surface area contributed by atoms with Crippen LogP contribution in [0.4, 0.5) is 0 Å². The Hall–Kier alpha value is -1.51. The molecule has 1 aliphatic rings. The van der Waals surface area contributed by atoms with E-state index in [1.54, 1.807) is 0 Å². The lowest BCUT2D eigenvalue weighted by atomic mass is 9.94. The normalized spacial score (nSPS) is 16.4. The molecule has 0 bridgehead atoms. The number of hydrogen-bond donors (Lipinski definition) is 0. The summed E-state index contributed by atoms with van der Waals surface area (Å²) in [5.41, 5.74) is 1.03. The minimum absolute atomic E-state index is 0.101. The van der Waals surface area contributed by atoms with Crippen molar-refractivity contribution in [1.82, 2.24) is 0 Å². The van der Waals surface area contributed by atoms with Gasteiger partial charge >= 0.3 is 5.97 Å². The molecule has 0 heterocycles. The zero-order chi connectivity index (χ0) is 12.3. The van der Waals surface area contributed by atoms with Gasteiger partial charge in [-0.25, -0.2) is 0 Å². The first kappa shape index (κ1) is 12.0. The SMILES string of the molecule is CCOc1ccc(C(C(=O)OC)C2CC2)cc1. The van der Waals surface area contributed by atoms with Gasteiger partial charge in [-0.2, -0.15) is 0 Å². The summed E-state index contributed by atoms with van der Waals surface area (Å²) in [6.45, 7) is 2.61. The van der Waals surface area contributed by atoms with Crippen LogP contribution in [0.3, 0.4) is 0 Å².